The van der Waals surface area contributed by atoms with E-state index in [1.165, 1.54) is 12.1 Å². The SMILES string of the molecule is O=C(O)C(=O)c1ccc(N(CCCl)CCCl)cc1. The predicted octanol–water partition coefficient (Wildman–Crippen LogP) is 2.24. The number of carboxylic acids is 1. The van der Waals surface area contributed by atoms with Crippen molar-refractivity contribution in [2.24, 2.45) is 0 Å². The van der Waals surface area contributed by atoms with Crippen LogP contribution >= 0.6 is 23.2 Å². The largest absolute Gasteiger partial charge is 0.475 e. The fraction of sp³-hybridized carbons (Fsp3) is 0.333. The maximum Gasteiger partial charge on any atom is 0.377 e. The Labute approximate surface area is 115 Å². The summed E-state index contributed by atoms with van der Waals surface area (Å²) in [4.78, 5) is 23.7. The van der Waals surface area contributed by atoms with Gasteiger partial charge in [-0.25, -0.2) is 4.79 Å². The lowest BCUT2D eigenvalue weighted by molar-refractivity contribution is -0.131. The zero-order valence-corrected chi connectivity index (χ0v) is 11.1. The van der Waals surface area contributed by atoms with Crippen LogP contribution in [0, 0.1) is 0 Å². The van der Waals surface area contributed by atoms with Crippen molar-refractivity contribution in [2.75, 3.05) is 29.7 Å². The summed E-state index contributed by atoms with van der Waals surface area (Å²) in [6.45, 7) is 1.28. The Hall–Kier alpha value is -1.26. The number of benzene rings is 1. The monoisotopic (exact) mass is 289 g/mol. The van der Waals surface area contributed by atoms with Gasteiger partial charge in [-0.1, -0.05) is 0 Å². The molecule has 1 aromatic carbocycles. The molecule has 1 aromatic rings. The second kappa shape index (κ2) is 7.24. The summed E-state index contributed by atoms with van der Waals surface area (Å²) in [6, 6.07) is 6.35. The van der Waals surface area contributed by atoms with Gasteiger partial charge in [-0.2, -0.15) is 0 Å². The first-order valence-electron chi connectivity index (χ1n) is 5.34. The van der Waals surface area contributed by atoms with Crippen LogP contribution in [0.3, 0.4) is 0 Å². The van der Waals surface area contributed by atoms with Gasteiger partial charge >= 0.3 is 5.97 Å². The number of nitrogens with zero attached hydrogens (tertiary/aromatic N) is 1. The number of anilines is 1. The molecule has 4 nitrogen and oxygen atoms in total. The van der Waals surface area contributed by atoms with E-state index in [0.29, 0.717) is 24.8 Å². The third-order valence-corrected chi connectivity index (χ3v) is 2.74. The minimum atomic E-state index is -1.46. The van der Waals surface area contributed by atoms with Crippen LogP contribution in [-0.2, 0) is 4.79 Å². The Morgan fingerprint density at radius 1 is 1.06 bits per heavy atom. The number of ketones is 1. The molecule has 0 saturated carbocycles. The third kappa shape index (κ3) is 3.89. The maximum atomic E-state index is 11.2. The van der Waals surface area contributed by atoms with Gasteiger partial charge in [-0.3, -0.25) is 4.79 Å². The standard InChI is InChI=1S/C12H13Cl2NO3/c13-5-7-15(8-6-14)10-3-1-9(2-4-10)11(16)12(17)18/h1-4H,5-8H2,(H,17,18). The van der Waals surface area contributed by atoms with Crippen molar-refractivity contribution in [3.05, 3.63) is 29.8 Å². The summed E-state index contributed by atoms with van der Waals surface area (Å²) in [6.07, 6.45) is 0. The van der Waals surface area contributed by atoms with E-state index in [1.54, 1.807) is 12.1 Å². The number of carbonyl (C=O) groups excluding carboxylic acids is 1. The van der Waals surface area contributed by atoms with E-state index in [-0.39, 0.29) is 5.56 Å². The van der Waals surface area contributed by atoms with Crippen molar-refractivity contribution in [3.63, 3.8) is 0 Å². The van der Waals surface area contributed by atoms with Crippen LogP contribution in [0.25, 0.3) is 0 Å². The smallest absolute Gasteiger partial charge is 0.377 e. The lowest BCUT2D eigenvalue weighted by atomic mass is 10.1. The highest BCUT2D eigenvalue weighted by molar-refractivity contribution is 6.39. The van der Waals surface area contributed by atoms with Gasteiger partial charge < -0.3 is 10.0 Å². The molecule has 0 aliphatic rings. The summed E-state index contributed by atoms with van der Waals surface area (Å²) < 4.78 is 0. The Morgan fingerprint density at radius 2 is 1.56 bits per heavy atom. The average molecular weight is 290 g/mol. The van der Waals surface area contributed by atoms with Crippen molar-refractivity contribution in [1.29, 1.82) is 0 Å². The van der Waals surface area contributed by atoms with E-state index < -0.39 is 11.8 Å². The van der Waals surface area contributed by atoms with Gasteiger partial charge in [0.15, 0.2) is 0 Å². The summed E-state index contributed by atoms with van der Waals surface area (Å²) in [7, 11) is 0. The van der Waals surface area contributed by atoms with E-state index in [4.69, 9.17) is 28.3 Å². The molecule has 0 aliphatic heterocycles. The van der Waals surface area contributed by atoms with Crippen molar-refractivity contribution in [3.8, 4) is 0 Å². The molecule has 0 heterocycles. The number of alkyl halides is 2. The van der Waals surface area contributed by atoms with Crippen LogP contribution in [0.5, 0.6) is 0 Å². The molecule has 0 aliphatic carbocycles. The van der Waals surface area contributed by atoms with E-state index in [1.807, 2.05) is 4.90 Å². The molecule has 1 N–H and O–H groups in total. The molecule has 0 spiro atoms. The fourth-order valence-electron chi connectivity index (χ4n) is 1.52. The number of hydrogen-bond donors (Lipinski definition) is 1. The maximum absolute atomic E-state index is 11.2. The number of halogens is 2. The molecular weight excluding hydrogens is 277 g/mol. The topological polar surface area (TPSA) is 57.6 Å². The number of Topliss-reactive ketones (excluding diaryl/α,β-unsaturated/α-hetero) is 1. The lowest BCUT2D eigenvalue weighted by Crippen LogP contribution is -2.27. The number of hydrogen-bond acceptors (Lipinski definition) is 3. The van der Waals surface area contributed by atoms with Gasteiger partial charge in [-0.15, -0.1) is 23.2 Å². The molecule has 0 amide bonds. The Bertz CT molecular complexity index is 414. The molecule has 0 bridgehead atoms. The van der Waals surface area contributed by atoms with E-state index >= 15 is 0 Å². The fourth-order valence-corrected chi connectivity index (χ4v) is 1.93. The number of carbonyl (C=O) groups is 2. The van der Waals surface area contributed by atoms with Crippen molar-refractivity contribution in [1.82, 2.24) is 0 Å². The molecule has 0 saturated heterocycles. The van der Waals surface area contributed by atoms with Gasteiger partial charge in [0.1, 0.15) is 0 Å². The van der Waals surface area contributed by atoms with Crippen LogP contribution in [0.2, 0.25) is 0 Å². The van der Waals surface area contributed by atoms with Crippen LogP contribution in [0.15, 0.2) is 24.3 Å². The predicted molar refractivity (Wildman–Crippen MR) is 72.1 cm³/mol. The van der Waals surface area contributed by atoms with Gasteiger partial charge in [-0.05, 0) is 24.3 Å². The minimum Gasteiger partial charge on any atom is -0.475 e. The zero-order chi connectivity index (χ0) is 13.5. The zero-order valence-electron chi connectivity index (χ0n) is 9.60. The summed E-state index contributed by atoms with van der Waals surface area (Å²) in [5.41, 5.74) is 1.01. The molecule has 6 heteroatoms. The summed E-state index contributed by atoms with van der Waals surface area (Å²) >= 11 is 11.4. The quantitative estimate of drug-likeness (QED) is 0.475. The van der Waals surface area contributed by atoms with Crippen molar-refractivity contribution in [2.45, 2.75) is 0 Å². The molecular formula is C12H13Cl2NO3. The molecule has 0 aromatic heterocycles. The first kappa shape index (κ1) is 14.8. The molecule has 18 heavy (non-hydrogen) atoms. The summed E-state index contributed by atoms with van der Waals surface area (Å²) in [5.74, 6) is -1.44. The normalized spacial score (nSPS) is 10.1. The van der Waals surface area contributed by atoms with Gasteiger partial charge in [0, 0.05) is 36.1 Å². The van der Waals surface area contributed by atoms with Crippen LogP contribution in [-0.4, -0.2) is 41.7 Å². The van der Waals surface area contributed by atoms with Crippen molar-refractivity contribution >= 4 is 40.6 Å². The van der Waals surface area contributed by atoms with Crippen molar-refractivity contribution < 1.29 is 14.7 Å². The third-order valence-electron chi connectivity index (χ3n) is 2.40. The van der Waals surface area contributed by atoms with Gasteiger partial charge in [0.05, 0.1) is 0 Å². The average Bonchev–Trinajstić information content (AvgIpc) is 2.38. The van der Waals surface area contributed by atoms with Crippen LogP contribution in [0.1, 0.15) is 10.4 Å². The van der Waals surface area contributed by atoms with Gasteiger partial charge in [0.25, 0.3) is 5.78 Å². The molecule has 0 radical (unpaired) electrons. The Morgan fingerprint density at radius 3 is 1.94 bits per heavy atom. The highest BCUT2D eigenvalue weighted by Gasteiger charge is 2.14. The second-order valence-electron chi connectivity index (χ2n) is 3.55. The molecule has 0 unspecified atom stereocenters. The first-order valence-corrected chi connectivity index (χ1v) is 6.41. The number of rotatable bonds is 7. The number of carboxylic acid groups (broad SMARTS) is 1. The van der Waals surface area contributed by atoms with Crippen LogP contribution in [0.4, 0.5) is 5.69 Å². The lowest BCUT2D eigenvalue weighted by Gasteiger charge is -2.22. The second-order valence-corrected chi connectivity index (χ2v) is 4.30. The molecule has 0 fully saturated rings. The van der Waals surface area contributed by atoms with E-state index in [0.717, 1.165) is 5.69 Å². The Balaban J connectivity index is 2.86. The minimum absolute atomic E-state index is 0.156. The highest BCUT2D eigenvalue weighted by Crippen LogP contribution is 2.16. The van der Waals surface area contributed by atoms with Crippen LogP contribution < -0.4 is 4.90 Å². The molecule has 98 valence electrons. The number of aliphatic carboxylic acids is 1. The van der Waals surface area contributed by atoms with E-state index in [9.17, 15) is 9.59 Å². The highest BCUT2D eigenvalue weighted by atomic mass is 35.5. The molecule has 0 atom stereocenters. The van der Waals surface area contributed by atoms with E-state index in [2.05, 4.69) is 0 Å². The first-order chi connectivity index (χ1) is 8.60. The summed E-state index contributed by atoms with van der Waals surface area (Å²) in [5, 5.41) is 8.59. The molecule has 1 rings (SSSR count). The van der Waals surface area contributed by atoms with Gasteiger partial charge in [0.2, 0.25) is 0 Å². The Kier molecular flexibility index (Phi) is 5.95.